The summed E-state index contributed by atoms with van der Waals surface area (Å²) in [5.41, 5.74) is 7.02. The molecular formula is C17H20F2N4O3. The minimum atomic E-state index is -2.58. The number of hydrogen-bond donors (Lipinski definition) is 2. The van der Waals surface area contributed by atoms with Crippen LogP contribution in [0, 0.1) is 0 Å². The molecule has 3 N–H and O–H groups in total. The third-order valence-corrected chi connectivity index (χ3v) is 3.29. The van der Waals surface area contributed by atoms with Gasteiger partial charge in [0.2, 0.25) is 5.88 Å². The molecule has 26 heavy (non-hydrogen) atoms. The van der Waals surface area contributed by atoms with Gasteiger partial charge in [0.1, 0.15) is 11.5 Å². The van der Waals surface area contributed by atoms with Gasteiger partial charge in [-0.15, -0.1) is 0 Å². The topological polar surface area (TPSA) is 91.0 Å². The fraction of sp³-hybridized carbons (Fsp3) is 0.294. The minimum absolute atomic E-state index is 0.100. The van der Waals surface area contributed by atoms with E-state index in [1.807, 2.05) is 0 Å². The number of ether oxygens (including phenoxy) is 3. The number of guanidine groups is 1. The molecule has 0 aliphatic heterocycles. The Kier molecular flexibility index (Phi) is 6.95. The van der Waals surface area contributed by atoms with Crippen LogP contribution in [0.2, 0.25) is 0 Å². The number of nitrogens with zero attached hydrogens (tertiary/aromatic N) is 2. The molecule has 7 nitrogen and oxygen atoms in total. The van der Waals surface area contributed by atoms with Gasteiger partial charge in [0.25, 0.3) is 6.43 Å². The minimum Gasteiger partial charge on any atom is -0.497 e. The zero-order valence-corrected chi connectivity index (χ0v) is 14.4. The molecule has 2 rings (SSSR count). The number of nitrogens with two attached hydrogens (primary N) is 1. The van der Waals surface area contributed by atoms with Crippen molar-refractivity contribution < 1.29 is 23.0 Å². The summed E-state index contributed by atoms with van der Waals surface area (Å²) < 4.78 is 40.0. The smallest absolute Gasteiger partial charge is 0.272 e. The molecule has 0 fully saturated rings. The lowest BCUT2D eigenvalue weighted by molar-refractivity contribution is 0.0791. The van der Waals surface area contributed by atoms with E-state index >= 15 is 0 Å². The summed E-state index contributed by atoms with van der Waals surface area (Å²) in [5, 5.41) is 2.92. The van der Waals surface area contributed by atoms with E-state index in [0.29, 0.717) is 22.7 Å². The first-order chi connectivity index (χ1) is 12.5. The van der Waals surface area contributed by atoms with E-state index < -0.39 is 13.0 Å². The summed E-state index contributed by atoms with van der Waals surface area (Å²) in [4.78, 5) is 8.13. The summed E-state index contributed by atoms with van der Waals surface area (Å²) in [6.45, 7) is -0.625. The van der Waals surface area contributed by atoms with Crippen molar-refractivity contribution in [2.45, 2.75) is 13.0 Å². The maximum Gasteiger partial charge on any atom is 0.272 e. The van der Waals surface area contributed by atoms with E-state index in [9.17, 15) is 8.78 Å². The number of alkyl halides is 2. The second-order valence-corrected chi connectivity index (χ2v) is 5.06. The average Bonchev–Trinajstić information content (AvgIpc) is 2.65. The standard InChI is InChI=1S/C17H20F2N4O3/c1-24-12-5-6-14(25-2)13(8-12)23-17(20)22-9-11-4-3-7-21-16(11)26-10-15(18)19/h3-8,15H,9-10H2,1-2H3,(H3,20,22,23). The Bertz CT molecular complexity index is 757. The number of pyridine rings is 1. The van der Waals surface area contributed by atoms with Gasteiger partial charge < -0.3 is 25.3 Å². The lowest BCUT2D eigenvalue weighted by Crippen LogP contribution is -2.23. The van der Waals surface area contributed by atoms with Crippen molar-refractivity contribution in [1.82, 2.24) is 4.98 Å². The van der Waals surface area contributed by atoms with Gasteiger partial charge in [0.15, 0.2) is 12.6 Å². The van der Waals surface area contributed by atoms with Crippen LogP contribution in [0.4, 0.5) is 14.5 Å². The van der Waals surface area contributed by atoms with E-state index in [-0.39, 0.29) is 18.4 Å². The van der Waals surface area contributed by atoms with E-state index in [0.717, 1.165) is 0 Å². The number of benzene rings is 1. The van der Waals surface area contributed by atoms with Crippen LogP contribution in [0.25, 0.3) is 0 Å². The van der Waals surface area contributed by atoms with Crippen LogP contribution in [0.15, 0.2) is 41.5 Å². The molecule has 0 aliphatic carbocycles. The number of methoxy groups -OCH3 is 2. The van der Waals surface area contributed by atoms with Crippen LogP contribution in [0.5, 0.6) is 17.4 Å². The molecule has 9 heteroatoms. The van der Waals surface area contributed by atoms with Crippen molar-refractivity contribution in [2.75, 3.05) is 26.1 Å². The van der Waals surface area contributed by atoms with Crippen LogP contribution in [0.3, 0.4) is 0 Å². The summed E-state index contributed by atoms with van der Waals surface area (Å²) in [6.07, 6.45) is -1.13. The Hall–Kier alpha value is -3.10. The van der Waals surface area contributed by atoms with Crippen LogP contribution < -0.4 is 25.3 Å². The van der Waals surface area contributed by atoms with Crippen molar-refractivity contribution in [3.63, 3.8) is 0 Å². The van der Waals surface area contributed by atoms with Crippen LogP contribution >= 0.6 is 0 Å². The Morgan fingerprint density at radius 1 is 1.27 bits per heavy atom. The molecule has 0 bridgehead atoms. The third kappa shape index (κ3) is 5.47. The van der Waals surface area contributed by atoms with E-state index in [1.54, 1.807) is 37.4 Å². The van der Waals surface area contributed by atoms with Crippen LogP contribution in [-0.4, -0.2) is 38.2 Å². The highest BCUT2D eigenvalue weighted by atomic mass is 19.3. The fourth-order valence-electron chi connectivity index (χ4n) is 2.08. The molecule has 140 valence electrons. The molecule has 0 amide bonds. The lowest BCUT2D eigenvalue weighted by Gasteiger charge is -2.12. The Labute approximate surface area is 149 Å². The molecule has 2 aromatic rings. The molecule has 0 aliphatic rings. The van der Waals surface area contributed by atoms with Gasteiger partial charge in [-0.1, -0.05) is 6.07 Å². The summed E-state index contributed by atoms with van der Waals surface area (Å²) in [6, 6.07) is 8.53. The first-order valence-corrected chi connectivity index (χ1v) is 7.67. The largest absolute Gasteiger partial charge is 0.497 e. The summed E-state index contributed by atoms with van der Waals surface area (Å²) in [7, 11) is 3.08. The zero-order chi connectivity index (χ0) is 18.9. The number of halogens is 2. The number of rotatable bonds is 8. The Balaban J connectivity index is 2.09. The number of aliphatic imine (C=N–C) groups is 1. The second-order valence-electron chi connectivity index (χ2n) is 5.06. The average molecular weight is 366 g/mol. The summed E-state index contributed by atoms with van der Waals surface area (Å²) >= 11 is 0. The predicted molar refractivity (Wildman–Crippen MR) is 94.2 cm³/mol. The summed E-state index contributed by atoms with van der Waals surface area (Å²) in [5.74, 6) is 1.39. The zero-order valence-electron chi connectivity index (χ0n) is 14.4. The molecule has 1 aromatic carbocycles. The highest BCUT2D eigenvalue weighted by Gasteiger charge is 2.10. The number of hydrogen-bond acceptors (Lipinski definition) is 5. The van der Waals surface area contributed by atoms with Crippen LogP contribution in [-0.2, 0) is 6.54 Å². The van der Waals surface area contributed by atoms with Gasteiger partial charge in [-0.3, -0.25) is 0 Å². The monoisotopic (exact) mass is 366 g/mol. The normalized spacial score (nSPS) is 11.3. The van der Waals surface area contributed by atoms with Gasteiger partial charge in [0, 0.05) is 17.8 Å². The SMILES string of the molecule is COc1ccc(OC)c(NC(N)=NCc2cccnc2OCC(F)F)c1. The quantitative estimate of drug-likeness (QED) is 0.551. The van der Waals surface area contributed by atoms with Crippen molar-refractivity contribution in [1.29, 1.82) is 0 Å². The Morgan fingerprint density at radius 3 is 2.77 bits per heavy atom. The van der Waals surface area contributed by atoms with Crippen molar-refractivity contribution in [2.24, 2.45) is 10.7 Å². The maximum atomic E-state index is 12.3. The molecule has 0 atom stereocenters. The highest BCUT2D eigenvalue weighted by molar-refractivity contribution is 5.94. The van der Waals surface area contributed by atoms with Crippen LogP contribution in [0.1, 0.15) is 5.56 Å². The first-order valence-electron chi connectivity index (χ1n) is 7.67. The van der Waals surface area contributed by atoms with Gasteiger partial charge >= 0.3 is 0 Å². The molecule has 0 saturated heterocycles. The number of anilines is 1. The van der Waals surface area contributed by atoms with E-state index in [2.05, 4.69) is 15.3 Å². The second kappa shape index (κ2) is 9.40. The maximum absolute atomic E-state index is 12.3. The van der Waals surface area contributed by atoms with Crippen molar-refractivity contribution in [3.8, 4) is 17.4 Å². The molecule has 0 unspecified atom stereocenters. The number of aromatic nitrogens is 1. The van der Waals surface area contributed by atoms with Gasteiger partial charge in [-0.2, -0.15) is 0 Å². The third-order valence-electron chi connectivity index (χ3n) is 3.29. The molecule has 1 heterocycles. The van der Waals surface area contributed by atoms with E-state index in [1.165, 1.54) is 13.3 Å². The van der Waals surface area contributed by atoms with Crippen molar-refractivity contribution >= 4 is 11.6 Å². The predicted octanol–water partition coefficient (Wildman–Crippen LogP) is 2.67. The van der Waals surface area contributed by atoms with E-state index in [4.69, 9.17) is 19.9 Å². The molecule has 0 radical (unpaired) electrons. The molecule has 1 aromatic heterocycles. The Morgan fingerprint density at radius 2 is 2.08 bits per heavy atom. The lowest BCUT2D eigenvalue weighted by atomic mass is 10.2. The molecule has 0 spiro atoms. The molecular weight excluding hydrogens is 346 g/mol. The fourth-order valence-corrected chi connectivity index (χ4v) is 2.08. The van der Waals surface area contributed by atoms with Gasteiger partial charge in [-0.25, -0.2) is 18.8 Å². The number of nitrogens with one attached hydrogen (secondary N) is 1. The first kappa shape index (κ1) is 19.2. The van der Waals surface area contributed by atoms with Gasteiger partial charge in [-0.05, 0) is 18.2 Å². The van der Waals surface area contributed by atoms with Crippen molar-refractivity contribution in [3.05, 3.63) is 42.1 Å². The van der Waals surface area contributed by atoms with Gasteiger partial charge in [0.05, 0.1) is 26.5 Å². The molecule has 0 saturated carbocycles. The highest BCUT2D eigenvalue weighted by Crippen LogP contribution is 2.28.